The van der Waals surface area contributed by atoms with Crippen LogP contribution in [0.15, 0.2) is 34.9 Å². The second-order valence-corrected chi connectivity index (χ2v) is 3.82. The van der Waals surface area contributed by atoms with Crippen LogP contribution in [-0.4, -0.2) is 17.1 Å². The molecule has 0 radical (unpaired) electrons. The molecule has 1 aromatic heterocycles. The van der Waals surface area contributed by atoms with Crippen molar-refractivity contribution in [2.75, 3.05) is 11.1 Å². The van der Waals surface area contributed by atoms with Crippen molar-refractivity contribution in [3.63, 3.8) is 0 Å². The van der Waals surface area contributed by atoms with Gasteiger partial charge in [0, 0.05) is 11.8 Å². The van der Waals surface area contributed by atoms with E-state index in [1.807, 2.05) is 0 Å². The monoisotopic (exact) mass is 260 g/mol. The van der Waals surface area contributed by atoms with E-state index in [-0.39, 0.29) is 11.4 Å². The van der Waals surface area contributed by atoms with Gasteiger partial charge < -0.3 is 10.3 Å². The second kappa shape index (κ2) is 5.21. The quantitative estimate of drug-likeness (QED) is 0.709. The lowest BCUT2D eigenvalue weighted by Gasteiger charge is -2.06. The van der Waals surface area contributed by atoms with Gasteiger partial charge in [-0.3, -0.25) is 15.4 Å². The number of nitrogens with one attached hydrogen (secondary N) is 2. The molecule has 2 rings (SSSR count). The molecule has 0 fully saturated rings. The number of hydrogen-bond acceptors (Lipinski definition) is 5. The number of aromatic nitrogens is 1. The SMILES string of the molecule is Cc1cc(NC(=O)NC(=O)c2ccccc2N)no1. The molecule has 19 heavy (non-hydrogen) atoms. The number of carbonyl (C=O) groups is 2. The normalized spacial score (nSPS) is 9.95. The largest absolute Gasteiger partial charge is 0.398 e. The number of anilines is 2. The summed E-state index contributed by atoms with van der Waals surface area (Å²) >= 11 is 0. The molecule has 1 aromatic carbocycles. The molecule has 0 unspecified atom stereocenters. The number of urea groups is 1. The molecule has 0 spiro atoms. The standard InChI is InChI=1S/C12H12N4O3/c1-7-6-10(16-19-7)14-12(18)15-11(17)8-4-2-3-5-9(8)13/h2-6H,13H2,1H3,(H2,14,15,16,17,18). The highest BCUT2D eigenvalue weighted by Gasteiger charge is 2.13. The first-order valence-electron chi connectivity index (χ1n) is 5.46. The minimum absolute atomic E-state index is 0.226. The van der Waals surface area contributed by atoms with Gasteiger partial charge in [-0.25, -0.2) is 4.79 Å². The minimum Gasteiger partial charge on any atom is -0.398 e. The van der Waals surface area contributed by atoms with Crippen LogP contribution in [-0.2, 0) is 0 Å². The lowest BCUT2D eigenvalue weighted by atomic mass is 10.2. The summed E-state index contributed by atoms with van der Waals surface area (Å²) < 4.78 is 4.78. The number of nitrogens with zero attached hydrogens (tertiary/aromatic N) is 1. The van der Waals surface area contributed by atoms with E-state index in [4.69, 9.17) is 10.3 Å². The zero-order valence-corrected chi connectivity index (χ0v) is 10.1. The molecular formula is C12H12N4O3. The Morgan fingerprint density at radius 2 is 2.05 bits per heavy atom. The first-order chi connectivity index (χ1) is 9.06. The number of amides is 3. The number of nitrogen functional groups attached to an aromatic ring is 1. The third-order valence-corrected chi connectivity index (χ3v) is 2.30. The van der Waals surface area contributed by atoms with E-state index in [1.165, 1.54) is 12.1 Å². The van der Waals surface area contributed by atoms with Crippen LogP contribution in [0.3, 0.4) is 0 Å². The van der Waals surface area contributed by atoms with Crippen LogP contribution < -0.4 is 16.4 Å². The Morgan fingerprint density at radius 3 is 2.68 bits per heavy atom. The van der Waals surface area contributed by atoms with Crippen LogP contribution in [0.25, 0.3) is 0 Å². The maximum absolute atomic E-state index is 11.8. The van der Waals surface area contributed by atoms with Crippen LogP contribution in [0, 0.1) is 6.92 Å². The van der Waals surface area contributed by atoms with Crippen LogP contribution in [0.1, 0.15) is 16.1 Å². The van der Waals surface area contributed by atoms with E-state index >= 15 is 0 Å². The highest BCUT2D eigenvalue weighted by Crippen LogP contribution is 2.10. The molecule has 7 nitrogen and oxygen atoms in total. The molecule has 0 aliphatic carbocycles. The van der Waals surface area contributed by atoms with Gasteiger partial charge in [-0.05, 0) is 19.1 Å². The molecule has 0 atom stereocenters. The predicted molar refractivity (Wildman–Crippen MR) is 68.6 cm³/mol. The number of benzene rings is 1. The lowest BCUT2D eigenvalue weighted by Crippen LogP contribution is -2.34. The zero-order chi connectivity index (χ0) is 13.8. The van der Waals surface area contributed by atoms with E-state index in [0.717, 1.165) is 0 Å². The maximum Gasteiger partial charge on any atom is 0.327 e. The van der Waals surface area contributed by atoms with Gasteiger partial charge in [-0.15, -0.1) is 0 Å². The molecule has 1 heterocycles. The van der Waals surface area contributed by atoms with Crippen molar-refractivity contribution in [2.24, 2.45) is 0 Å². The lowest BCUT2D eigenvalue weighted by molar-refractivity contribution is 0.0968. The van der Waals surface area contributed by atoms with E-state index in [9.17, 15) is 9.59 Å². The van der Waals surface area contributed by atoms with Crippen molar-refractivity contribution in [3.8, 4) is 0 Å². The van der Waals surface area contributed by atoms with Crippen LogP contribution in [0.4, 0.5) is 16.3 Å². The number of rotatable bonds is 2. The molecule has 0 bridgehead atoms. The average Bonchev–Trinajstić information content (AvgIpc) is 2.74. The van der Waals surface area contributed by atoms with Crippen LogP contribution in [0.2, 0.25) is 0 Å². The molecule has 4 N–H and O–H groups in total. The van der Waals surface area contributed by atoms with E-state index in [0.29, 0.717) is 11.4 Å². The van der Waals surface area contributed by atoms with Crippen molar-refractivity contribution >= 4 is 23.4 Å². The molecule has 0 aliphatic rings. The minimum atomic E-state index is -0.707. The number of imide groups is 1. The molecular weight excluding hydrogens is 248 g/mol. The predicted octanol–water partition coefficient (Wildman–Crippen LogP) is 1.53. The summed E-state index contributed by atoms with van der Waals surface area (Å²) in [6, 6.07) is 7.28. The zero-order valence-electron chi connectivity index (χ0n) is 10.1. The van der Waals surface area contributed by atoms with Crippen LogP contribution in [0.5, 0.6) is 0 Å². The number of aryl methyl sites for hydroxylation is 1. The van der Waals surface area contributed by atoms with Crippen molar-refractivity contribution in [1.29, 1.82) is 0 Å². The average molecular weight is 260 g/mol. The Kier molecular flexibility index (Phi) is 3.46. The summed E-state index contributed by atoms with van der Waals surface area (Å²) in [4.78, 5) is 23.3. The van der Waals surface area contributed by atoms with Crippen LogP contribution >= 0.6 is 0 Å². The summed E-state index contributed by atoms with van der Waals surface area (Å²) in [5, 5.41) is 8.08. The molecule has 3 amide bonds. The Hall–Kier alpha value is -2.83. The summed E-state index contributed by atoms with van der Waals surface area (Å²) in [7, 11) is 0. The van der Waals surface area contributed by atoms with Crippen molar-refractivity contribution in [2.45, 2.75) is 6.92 Å². The maximum atomic E-state index is 11.8. The van der Waals surface area contributed by atoms with Gasteiger partial charge in [0.2, 0.25) is 0 Å². The Labute approximate surface area is 108 Å². The first kappa shape index (κ1) is 12.6. The Balaban J connectivity index is 1.99. The van der Waals surface area contributed by atoms with Crippen molar-refractivity contribution < 1.29 is 14.1 Å². The number of hydrogen-bond donors (Lipinski definition) is 3. The van der Waals surface area contributed by atoms with Gasteiger partial charge in [0.1, 0.15) is 5.76 Å². The number of para-hydroxylation sites is 1. The highest BCUT2D eigenvalue weighted by atomic mass is 16.5. The fourth-order valence-corrected chi connectivity index (χ4v) is 1.45. The van der Waals surface area contributed by atoms with Gasteiger partial charge in [-0.2, -0.15) is 0 Å². The third-order valence-electron chi connectivity index (χ3n) is 2.30. The number of carbonyl (C=O) groups excluding carboxylic acids is 2. The molecule has 7 heteroatoms. The van der Waals surface area contributed by atoms with Crippen molar-refractivity contribution in [3.05, 3.63) is 41.7 Å². The smallest absolute Gasteiger partial charge is 0.327 e. The highest BCUT2D eigenvalue weighted by molar-refractivity contribution is 6.09. The van der Waals surface area contributed by atoms with Gasteiger partial charge in [0.05, 0.1) is 5.56 Å². The first-order valence-corrected chi connectivity index (χ1v) is 5.46. The summed E-state index contributed by atoms with van der Waals surface area (Å²) in [6.45, 7) is 1.69. The Morgan fingerprint density at radius 1 is 1.32 bits per heavy atom. The van der Waals surface area contributed by atoms with Gasteiger partial charge in [-0.1, -0.05) is 17.3 Å². The van der Waals surface area contributed by atoms with Gasteiger partial charge >= 0.3 is 6.03 Å². The molecule has 2 aromatic rings. The third kappa shape index (κ3) is 3.09. The summed E-state index contributed by atoms with van der Waals surface area (Å²) in [6.07, 6.45) is 0. The van der Waals surface area contributed by atoms with E-state index < -0.39 is 11.9 Å². The topological polar surface area (TPSA) is 110 Å². The fraction of sp³-hybridized carbons (Fsp3) is 0.0833. The second-order valence-electron chi connectivity index (χ2n) is 3.82. The van der Waals surface area contributed by atoms with E-state index in [2.05, 4.69) is 15.8 Å². The molecule has 0 saturated carbocycles. The fourth-order valence-electron chi connectivity index (χ4n) is 1.45. The summed E-state index contributed by atoms with van der Waals surface area (Å²) in [5.41, 5.74) is 6.16. The molecule has 0 aliphatic heterocycles. The summed E-state index contributed by atoms with van der Waals surface area (Å²) in [5.74, 6) is 0.189. The van der Waals surface area contributed by atoms with Crippen molar-refractivity contribution in [1.82, 2.24) is 10.5 Å². The van der Waals surface area contributed by atoms with E-state index in [1.54, 1.807) is 25.1 Å². The van der Waals surface area contributed by atoms with Gasteiger partial charge in [0.25, 0.3) is 5.91 Å². The number of nitrogens with two attached hydrogens (primary N) is 1. The van der Waals surface area contributed by atoms with Gasteiger partial charge in [0.15, 0.2) is 5.82 Å². The molecule has 98 valence electrons. The Bertz CT molecular complexity index is 621. The molecule has 0 saturated heterocycles.